The lowest BCUT2D eigenvalue weighted by Crippen LogP contribution is -2.60. The number of unbranched alkanes of at least 4 members (excludes halogenated alkanes) is 2. The number of ketones is 2. The first-order chi connectivity index (χ1) is 12.8. The molecule has 0 bridgehead atoms. The number of fused-ring (bicyclic) bond motifs is 1. The van der Waals surface area contributed by atoms with Crippen molar-refractivity contribution in [2.75, 3.05) is 0 Å². The van der Waals surface area contributed by atoms with Crippen LogP contribution in [-0.4, -0.2) is 33.3 Å². The topological polar surface area (TPSA) is 91.7 Å². The van der Waals surface area contributed by atoms with Crippen molar-refractivity contribution in [3.63, 3.8) is 0 Å². The van der Waals surface area contributed by atoms with Crippen molar-refractivity contribution >= 4 is 17.5 Å². The van der Waals surface area contributed by atoms with Crippen LogP contribution in [0.2, 0.25) is 0 Å². The minimum absolute atomic E-state index is 0.0269. The third-order valence-corrected chi connectivity index (χ3v) is 5.77. The Morgan fingerprint density at radius 3 is 2.26 bits per heavy atom. The van der Waals surface area contributed by atoms with Crippen LogP contribution in [-0.2, 0) is 11.2 Å². The molecule has 1 aliphatic carbocycles. The Balaban J connectivity index is 2.68. The number of hydrogen-bond donors (Lipinski definition) is 2. The molecule has 2 unspecified atom stereocenters. The van der Waals surface area contributed by atoms with Crippen molar-refractivity contribution in [3.8, 4) is 0 Å². The Kier molecular flexibility index (Phi) is 6.58. The maximum atomic E-state index is 13.6. The molecule has 1 aromatic rings. The highest BCUT2D eigenvalue weighted by molar-refractivity contribution is 6.32. The van der Waals surface area contributed by atoms with Crippen LogP contribution in [0.15, 0.2) is 18.2 Å². The van der Waals surface area contributed by atoms with Crippen LogP contribution in [0.25, 0.3) is 0 Å². The molecular formula is C22H30O5. The highest BCUT2D eigenvalue weighted by Gasteiger charge is 2.67. The van der Waals surface area contributed by atoms with Crippen LogP contribution < -0.4 is 0 Å². The standard InChI is InChI=1S/C22H30O5/c1-4-7-10-15-11-9-12-16-17(15)19(24)21(13-6-3,18(16)23)22(27,20(25)26)14-8-5-2/h9,11-12,27H,4-8,10,13-14H2,1-3H3,(H,25,26). The van der Waals surface area contributed by atoms with Gasteiger partial charge in [-0.3, -0.25) is 9.59 Å². The van der Waals surface area contributed by atoms with E-state index in [1.165, 1.54) is 0 Å². The summed E-state index contributed by atoms with van der Waals surface area (Å²) in [7, 11) is 0. The average molecular weight is 374 g/mol. The first-order valence-electron chi connectivity index (χ1n) is 9.99. The van der Waals surface area contributed by atoms with E-state index >= 15 is 0 Å². The Hall–Kier alpha value is -2.01. The van der Waals surface area contributed by atoms with Crippen LogP contribution in [0.4, 0.5) is 0 Å². The molecule has 0 aromatic heterocycles. The summed E-state index contributed by atoms with van der Waals surface area (Å²) in [6.07, 6.45) is 3.90. The number of carbonyl (C=O) groups is 3. The number of aliphatic hydroxyl groups is 1. The van der Waals surface area contributed by atoms with Gasteiger partial charge in [0.1, 0.15) is 5.41 Å². The van der Waals surface area contributed by atoms with Gasteiger partial charge < -0.3 is 10.2 Å². The van der Waals surface area contributed by atoms with Gasteiger partial charge >= 0.3 is 5.97 Å². The summed E-state index contributed by atoms with van der Waals surface area (Å²) in [5, 5.41) is 21.1. The molecule has 1 aliphatic rings. The summed E-state index contributed by atoms with van der Waals surface area (Å²) in [6.45, 7) is 5.72. The second-order valence-corrected chi connectivity index (χ2v) is 7.53. The fraction of sp³-hybridized carbons (Fsp3) is 0.591. The lowest BCUT2D eigenvalue weighted by molar-refractivity contribution is -0.169. The van der Waals surface area contributed by atoms with Gasteiger partial charge in [-0.1, -0.05) is 64.7 Å². The van der Waals surface area contributed by atoms with Crippen LogP contribution in [0.1, 0.15) is 92.0 Å². The average Bonchev–Trinajstić information content (AvgIpc) is 2.88. The molecule has 2 rings (SSSR count). The lowest BCUT2D eigenvalue weighted by atomic mass is 9.63. The maximum absolute atomic E-state index is 13.6. The molecule has 2 N–H and O–H groups in total. The van der Waals surface area contributed by atoms with Gasteiger partial charge in [0.25, 0.3) is 0 Å². The van der Waals surface area contributed by atoms with Gasteiger partial charge in [0, 0.05) is 11.1 Å². The van der Waals surface area contributed by atoms with Crippen molar-refractivity contribution in [1.82, 2.24) is 0 Å². The predicted molar refractivity (Wildman–Crippen MR) is 103 cm³/mol. The summed E-state index contributed by atoms with van der Waals surface area (Å²) >= 11 is 0. The molecule has 5 nitrogen and oxygen atoms in total. The Labute approximate surface area is 160 Å². The maximum Gasteiger partial charge on any atom is 0.337 e. The molecule has 0 radical (unpaired) electrons. The normalized spacial score (nSPS) is 21.2. The summed E-state index contributed by atoms with van der Waals surface area (Å²) in [4.78, 5) is 39.1. The van der Waals surface area contributed by atoms with E-state index in [4.69, 9.17) is 0 Å². The van der Waals surface area contributed by atoms with Gasteiger partial charge in [-0.25, -0.2) is 4.79 Å². The summed E-state index contributed by atoms with van der Waals surface area (Å²) < 4.78 is 0. The molecule has 0 aliphatic heterocycles. The van der Waals surface area contributed by atoms with Crippen molar-refractivity contribution in [3.05, 3.63) is 34.9 Å². The molecule has 2 atom stereocenters. The monoisotopic (exact) mass is 374 g/mol. The number of carboxylic acid groups (broad SMARTS) is 1. The minimum Gasteiger partial charge on any atom is -0.479 e. The zero-order valence-corrected chi connectivity index (χ0v) is 16.5. The van der Waals surface area contributed by atoms with E-state index in [1.54, 1.807) is 19.1 Å². The van der Waals surface area contributed by atoms with E-state index in [-0.39, 0.29) is 18.4 Å². The van der Waals surface area contributed by atoms with E-state index < -0.39 is 28.6 Å². The SMILES string of the molecule is CCCCc1cccc2c1C(=O)C(CCC)(C(O)(CCCC)C(=O)O)C2=O. The number of carboxylic acids is 1. The largest absolute Gasteiger partial charge is 0.479 e. The Morgan fingerprint density at radius 2 is 1.70 bits per heavy atom. The fourth-order valence-electron chi connectivity index (χ4n) is 4.30. The number of hydrogen-bond acceptors (Lipinski definition) is 4. The van der Waals surface area contributed by atoms with E-state index in [9.17, 15) is 24.6 Å². The highest BCUT2D eigenvalue weighted by atomic mass is 16.4. The minimum atomic E-state index is -2.39. The van der Waals surface area contributed by atoms with Gasteiger partial charge in [0.15, 0.2) is 17.2 Å². The highest BCUT2D eigenvalue weighted by Crippen LogP contribution is 2.51. The number of aliphatic carboxylic acids is 1. The quantitative estimate of drug-likeness (QED) is 0.599. The molecule has 5 heteroatoms. The molecule has 0 spiro atoms. The first-order valence-corrected chi connectivity index (χ1v) is 9.99. The molecule has 0 amide bonds. The zero-order chi connectivity index (χ0) is 20.2. The molecule has 0 fully saturated rings. The predicted octanol–water partition coefficient (Wildman–Crippen LogP) is 4.20. The second kappa shape index (κ2) is 8.34. The van der Waals surface area contributed by atoms with Crippen LogP contribution >= 0.6 is 0 Å². The van der Waals surface area contributed by atoms with Crippen molar-refractivity contribution < 1.29 is 24.6 Å². The van der Waals surface area contributed by atoms with Gasteiger partial charge in [0.05, 0.1) is 0 Å². The van der Waals surface area contributed by atoms with E-state index in [0.29, 0.717) is 31.2 Å². The Bertz CT molecular complexity index is 738. The summed E-state index contributed by atoms with van der Waals surface area (Å²) in [6, 6.07) is 5.15. The fourth-order valence-corrected chi connectivity index (χ4v) is 4.30. The van der Waals surface area contributed by atoms with Crippen LogP contribution in [0.3, 0.4) is 0 Å². The molecular weight excluding hydrogens is 344 g/mol. The second-order valence-electron chi connectivity index (χ2n) is 7.53. The zero-order valence-electron chi connectivity index (χ0n) is 16.5. The molecule has 27 heavy (non-hydrogen) atoms. The number of carbonyl (C=O) groups excluding carboxylic acids is 2. The van der Waals surface area contributed by atoms with E-state index in [2.05, 4.69) is 0 Å². The van der Waals surface area contributed by atoms with Gasteiger partial charge in [-0.15, -0.1) is 0 Å². The molecule has 1 aromatic carbocycles. The third-order valence-electron chi connectivity index (χ3n) is 5.77. The van der Waals surface area contributed by atoms with Crippen LogP contribution in [0, 0.1) is 5.41 Å². The van der Waals surface area contributed by atoms with Crippen molar-refractivity contribution in [2.24, 2.45) is 5.41 Å². The molecule has 0 saturated carbocycles. The third kappa shape index (κ3) is 3.22. The van der Waals surface area contributed by atoms with Gasteiger partial charge in [0.2, 0.25) is 0 Å². The molecule has 0 heterocycles. The summed E-state index contributed by atoms with van der Waals surface area (Å²) in [5.41, 5.74) is -2.98. The smallest absolute Gasteiger partial charge is 0.337 e. The van der Waals surface area contributed by atoms with Gasteiger partial charge in [-0.05, 0) is 31.2 Å². The van der Waals surface area contributed by atoms with Crippen molar-refractivity contribution in [2.45, 2.75) is 77.7 Å². The van der Waals surface area contributed by atoms with E-state index in [0.717, 1.165) is 18.4 Å². The van der Waals surface area contributed by atoms with Crippen LogP contribution in [0.5, 0.6) is 0 Å². The van der Waals surface area contributed by atoms with Gasteiger partial charge in [-0.2, -0.15) is 0 Å². The lowest BCUT2D eigenvalue weighted by Gasteiger charge is -2.39. The summed E-state index contributed by atoms with van der Waals surface area (Å²) in [5.74, 6) is -2.55. The number of benzene rings is 1. The molecule has 148 valence electrons. The van der Waals surface area contributed by atoms with Crippen molar-refractivity contribution in [1.29, 1.82) is 0 Å². The van der Waals surface area contributed by atoms with E-state index in [1.807, 2.05) is 19.9 Å². The number of Topliss-reactive ketones (excluding diaryl/α,β-unsaturated/α-hetero) is 2. The Morgan fingerprint density at radius 1 is 1.04 bits per heavy atom. The number of aryl methyl sites for hydroxylation is 1. The molecule has 0 saturated heterocycles. The number of rotatable bonds is 10. The first kappa shape index (κ1) is 21.3.